The molecule has 5 nitrogen and oxygen atoms in total. The van der Waals surface area contributed by atoms with Gasteiger partial charge in [-0.25, -0.2) is 0 Å². The van der Waals surface area contributed by atoms with E-state index < -0.39 is 0 Å². The Kier molecular flexibility index (Phi) is 4.57. The molecule has 0 N–H and O–H groups in total. The van der Waals surface area contributed by atoms with Gasteiger partial charge in [0.2, 0.25) is 5.89 Å². The van der Waals surface area contributed by atoms with Crippen LogP contribution in [-0.2, 0) is 13.1 Å². The van der Waals surface area contributed by atoms with Gasteiger partial charge in [0.1, 0.15) is 5.75 Å². The Hall–Kier alpha value is -2.40. The van der Waals surface area contributed by atoms with Crippen molar-refractivity contribution in [2.24, 2.45) is 0 Å². The Balaban J connectivity index is 1.89. The highest BCUT2D eigenvalue weighted by molar-refractivity contribution is 5.87. The first-order valence-corrected chi connectivity index (χ1v) is 7.78. The fourth-order valence-corrected chi connectivity index (χ4v) is 2.74. The highest BCUT2D eigenvalue weighted by Crippen LogP contribution is 2.29. The first-order valence-electron chi connectivity index (χ1n) is 7.78. The van der Waals surface area contributed by atoms with E-state index in [1.54, 1.807) is 6.92 Å². The number of aryl methyl sites for hydroxylation is 1. The predicted octanol–water partition coefficient (Wildman–Crippen LogP) is 3.56. The van der Waals surface area contributed by atoms with Crippen molar-refractivity contribution < 1.29 is 9.26 Å². The summed E-state index contributed by atoms with van der Waals surface area (Å²) >= 11 is 0. The topological polar surface area (TPSA) is 51.4 Å². The van der Waals surface area contributed by atoms with E-state index in [0.717, 1.165) is 12.3 Å². The first kappa shape index (κ1) is 15.5. The van der Waals surface area contributed by atoms with Crippen molar-refractivity contribution >= 4 is 10.8 Å². The summed E-state index contributed by atoms with van der Waals surface area (Å²) in [5.74, 6) is 2.22. The van der Waals surface area contributed by atoms with Crippen LogP contribution < -0.4 is 4.74 Å². The van der Waals surface area contributed by atoms with Gasteiger partial charge in [-0.05, 0) is 30.8 Å². The van der Waals surface area contributed by atoms with Gasteiger partial charge in [0.05, 0.1) is 13.2 Å². The van der Waals surface area contributed by atoms with Gasteiger partial charge >= 0.3 is 0 Å². The number of nitrogens with zero attached hydrogens (tertiary/aromatic N) is 3. The summed E-state index contributed by atoms with van der Waals surface area (Å²) in [7, 11) is 2.04. The molecule has 0 aliphatic rings. The lowest BCUT2D eigenvalue weighted by molar-refractivity contribution is 0.288. The van der Waals surface area contributed by atoms with Crippen molar-refractivity contribution in [2.75, 3.05) is 13.7 Å². The average Bonchev–Trinajstić information content (AvgIpc) is 2.94. The molecule has 120 valence electrons. The van der Waals surface area contributed by atoms with Gasteiger partial charge < -0.3 is 9.26 Å². The highest BCUT2D eigenvalue weighted by Gasteiger charge is 2.13. The molecule has 23 heavy (non-hydrogen) atoms. The maximum Gasteiger partial charge on any atom is 0.223 e. The minimum atomic E-state index is 0.591. The van der Waals surface area contributed by atoms with Gasteiger partial charge in [-0.15, -0.1) is 0 Å². The van der Waals surface area contributed by atoms with Crippen molar-refractivity contribution in [2.45, 2.75) is 26.9 Å². The molecule has 1 aromatic heterocycles. The maximum atomic E-state index is 5.82. The quantitative estimate of drug-likeness (QED) is 0.696. The van der Waals surface area contributed by atoms with Crippen LogP contribution >= 0.6 is 0 Å². The van der Waals surface area contributed by atoms with Gasteiger partial charge in [-0.1, -0.05) is 35.5 Å². The van der Waals surface area contributed by atoms with E-state index in [-0.39, 0.29) is 0 Å². The highest BCUT2D eigenvalue weighted by atomic mass is 16.5. The fourth-order valence-electron chi connectivity index (χ4n) is 2.74. The summed E-state index contributed by atoms with van der Waals surface area (Å²) in [5, 5.41) is 6.39. The summed E-state index contributed by atoms with van der Waals surface area (Å²) in [5.41, 5.74) is 1.19. The van der Waals surface area contributed by atoms with Crippen molar-refractivity contribution in [3.63, 3.8) is 0 Å². The van der Waals surface area contributed by atoms with Crippen LogP contribution in [0.1, 0.15) is 24.2 Å². The zero-order valence-corrected chi connectivity index (χ0v) is 13.7. The second-order valence-electron chi connectivity index (χ2n) is 5.60. The second-order valence-corrected chi connectivity index (χ2v) is 5.60. The van der Waals surface area contributed by atoms with Crippen LogP contribution in [0.2, 0.25) is 0 Å². The van der Waals surface area contributed by atoms with E-state index >= 15 is 0 Å². The molecule has 0 saturated carbocycles. The Morgan fingerprint density at radius 2 is 1.96 bits per heavy atom. The van der Waals surface area contributed by atoms with E-state index in [0.29, 0.717) is 24.9 Å². The van der Waals surface area contributed by atoms with Crippen LogP contribution in [0.5, 0.6) is 5.75 Å². The third-order valence-corrected chi connectivity index (χ3v) is 3.71. The smallest absolute Gasteiger partial charge is 0.223 e. The second kappa shape index (κ2) is 6.79. The van der Waals surface area contributed by atoms with Crippen LogP contribution in [-0.4, -0.2) is 28.7 Å². The lowest BCUT2D eigenvalue weighted by Gasteiger charge is -2.19. The molecule has 0 fully saturated rings. The van der Waals surface area contributed by atoms with Gasteiger partial charge in [0.25, 0.3) is 0 Å². The first-order chi connectivity index (χ1) is 11.2. The SMILES string of the molecule is CCOc1ccc2ccccc2c1CN(C)Cc1noc(C)n1. The molecule has 0 aliphatic heterocycles. The minimum Gasteiger partial charge on any atom is -0.494 e. The van der Waals surface area contributed by atoms with E-state index in [4.69, 9.17) is 9.26 Å². The zero-order chi connectivity index (χ0) is 16.2. The van der Waals surface area contributed by atoms with E-state index in [1.165, 1.54) is 16.3 Å². The minimum absolute atomic E-state index is 0.591. The summed E-state index contributed by atoms with van der Waals surface area (Å²) in [6.07, 6.45) is 0. The molecule has 0 radical (unpaired) electrons. The molecule has 0 spiro atoms. The number of benzene rings is 2. The molecule has 0 bridgehead atoms. The predicted molar refractivity (Wildman–Crippen MR) is 89.3 cm³/mol. The molecular weight excluding hydrogens is 290 g/mol. The standard InChI is InChI=1S/C18H21N3O2/c1-4-22-17-10-9-14-7-5-6-8-15(14)16(17)11-21(3)12-18-19-13(2)23-20-18/h5-10H,4,11-12H2,1-3H3. The van der Waals surface area contributed by atoms with Crippen LogP contribution in [0.3, 0.4) is 0 Å². The van der Waals surface area contributed by atoms with Crippen LogP contribution in [0, 0.1) is 6.92 Å². The number of rotatable bonds is 6. The zero-order valence-electron chi connectivity index (χ0n) is 13.7. The van der Waals surface area contributed by atoms with E-state index in [9.17, 15) is 0 Å². The summed E-state index contributed by atoms with van der Waals surface area (Å²) in [6, 6.07) is 12.5. The van der Waals surface area contributed by atoms with Gasteiger partial charge in [-0.2, -0.15) is 4.98 Å². The Bertz CT molecular complexity index is 798. The van der Waals surface area contributed by atoms with E-state index in [2.05, 4.69) is 45.4 Å². The summed E-state index contributed by atoms with van der Waals surface area (Å²) in [6.45, 7) is 5.84. The lowest BCUT2D eigenvalue weighted by Crippen LogP contribution is -2.19. The molecule has 3 rings (SSSR count). The Labute approximate surface area is 135 Å². The summed E-state index contributed by atoms with van der Waals surface area (Å²) in [4.78, 5) is 6.42. The Morgan fingerprint density at radius 1 is 1.13 bits per heavy atom. The van der Waals surface area contributed by atoms with Crippen LogP contribution in [0.4, 0.5) is 0 Å². The number of hydrogen-bond donors (Lipinski definition) is 0. The van der Waals surface area contributed by atoms with Crippen molar-refractivity contribution in [1.29, 1.82) is 0 Å². The Morgan fingerprint density at radius 3 is 2.70 bits per heavy atom. The lowest BCUT2D eigenvalue weighted by atomic mass is 10.0. The molecule has 2 aromatic carbocycles. The molecule has 0 unspecified atom stereocenters. The van der Waals surface area contributed by atoms with E-state index in [1.807, 2.05) is 20.0 Å². The normalized spacial score (nSPS) is 11.3. The van der Waals surface area contributed by atoms with Crippen molar-refractivity contribution in [1.82, 2.24) is 15.0 Å². The number of ether oxygens (including phenoxy) is 1. The third-order valence-electron chi connectivity index (χ3n) is 3.71. The van der Waals surface area contributed by atoms with Crippen molar-refractivity contribution in [3.8, 4) is 5.75 Å². The van der Waals surface area contributed by atoms with Crippen LogP contribution in [0.25, 0.3) is 10.8 Å². The molecule has 0 amide bonds. The fraction of sp³-hybridized carbons (Fsp3) is 0.333. The van der Waals surface area contributed by atoms with Crippen molar-refractivity contribution in [3.05, 3.63) is 53.7 Å². The molecule has 3 aromatic rings. The molecule has 0 aliphatic carbocycles. The largest absolute Gasteiger partial charge is 0.494 e. The van der Waals surface area contributed by atoms with Gasteiger partial charge in [0.15, 0.2) is 5.82 Å². The maximum absolute atomic E-state index is 5.82. The molecule has 5 heteroatoms. The average molecular weight is 311 g/mol. The molecule has 0 atom stereocenters. The summed E-state index contributed by atoms with van der Waals surface area (Å²) < 4.78 is 10.9. The monoisotopic (exact) mass is 311 g/mol. The molecule has 1 heterocycles. The molecule has 0 saturated heterocycles. The van der Waals surface area contributed by atoms with Gasteiger partial charge in [0, 0.05) is 19.0 Å². The number of aromatic nitrogens is 2. The molecular formula is C18H21N3O2. The number of hydrogen-bond acceptors (Lipinski definition) is 5. The van der Waals surface area contributed by atoms with Gasteiger partial charge in [-0.3, -0.25) is 4.90 Å². The number of fused-ring (bicyclic) bond motifs is 1. The third kappa shape index (κ3) is 3.51. The van der Waals surface area contributed by atoms with Crippen LogP contribution in [0.15, 0.2) is 40.9 Å².